The summed E-state index contributed by atoms with van der Waals surface area (Å²) in [6, 6.07) is 5.96. The Morgan fingerprint density at radius 1 is 1.38 bits per heavy atom. The summed E-state index contributed by atoms with van der Waals surface area (Å²) in [6.45, 7) is 5.63. The number of Topliss-reactive ketones (excluding diaryl/α,β-unsaturated/α-hetero) is 1. The molecule has 0 bridgehead atoms. The lowest BCUT2D eigenvalue weighted by Gasteiger charge is -2.28. The third-order valence-electron chi connectivity index (χ3n) is 4.98. The molecule has 2 aliphatic heterocycles. The Kier molecular flexibility index (Phi) is 4.53. The summed E-state index contributed by atoms with van der Waals surface area (Å²) in [5.74, 6) is 2.09. The number of carbonyl (C=O) groups is 1. The van der Waals surface area contributed by atoms with E-state index in [0.717, 1.165) is 52.4 Å². The summed E-state index contributed by atoms with van der Waals surface area (Å²) in [5, 5.41) is 8.72. The number of hydrogen-bond donors (Lipinski definition) is 0. The molecule has 6 heteroatoms. The summed E-state index contributed by atoms with van der Waals surface area (Å²) in [7, 11) is 2.13. The molecular formula is C18H22BrN4O+. The molecule has 126 valence electrons. The molecule has 0 amide bonds. The number of quaternary nitrogens is 1. The molecule has 0 saturated heterocycles. The topological polar surface area (TPSA) is 54.1 Å². The quantitative estimate of drug-likeness (QED) is 0.718. The molecule has 0 spiro atoms. The summed E-state index contributed by atoms with van der Waals surface area (Å²) in [4.78, 5) is 16.7. The largest absolute Gasteiger partial charge is 0.298 e. The number of benzene rings is 1. The van der Waals surface area contributed by atoms with Crippen molar-refractivity contribution in [1.29, 1.82) is 0 Å². The highest BCUT2D eigenvalue weighted by molar-refractivity contribution is 9.10. The van der Waals surface area contributed by atoms with Gasteiger partial charge in [0.1, 0.15) is 6.04 Å². The predicted molar refractivity (Wildman–Crippen MR) is 103 cm³/mol. The van der Waals surface area contributed by atoms with Crippen LogP contribution in [0.3, 0.4) is 0 Å². The van der Waals surface area contributed by atoms with Crippen molar-refractivity contribution in [3.05, 3.63) is 28.2 Å². The maximum Gasteiger partial charge on any atom is 0.234 e. The third kappa shape index (κ3) is 2.67. The van der Waals surface area contributed by atoms with E-state index >= 15 is 0 Å². The number of nitrogens with zero attached hydrogens (tertiary/aromatic N) is 4. The summed E-state index contributed by atoms with van der Waals surface area (Å²) < 4.78 is 1.52. The molecule has 2 heterocycles. The number of aliphatic imine (C=N–C) groups is 1. The molecule has 2 atom stereocenters. The Bertz CT molecular complexity index is 796. The van der Waals surface area contributed by atoms with Gasteiger partial charge in [0.25, 0.3) is 0 Å². The van der Waals surface area contributed by atoms with Gasteiger partial charge in [-0.2, -0.15) is 0 Å². The first-order valence-electron chi connectivity index (χ1n) is 8.24. The zero-order valence-electron chi connectivity index (χ0n) is 14.5. The molecule has 0 aliphatic carbocycles. The van der Waals surface area contributed by atoms with Crippen LogP contribution in [0, 0.1) is 0 Å². The van der Waals surface area contributed by atoms with Crippen LogP contribution >= 0.6 is 15.9 Å². The first-order valence-corrected chi connectivity index (χ1v) is 9.03. The van der Waals surface area contributed by atoms with Crippen LogP contribution in [0.2, 0.25) is 0 Å². The Balaban J connectivity index is 2.21. The van der Waals surface area contributed by atoms with Crippen LogP contribution in [0.5, 0.6) is 0 Å². The molecule has 0 radical (unpaired) electrons. The zero-order valence-corrected chi connectivity index (χ0v) is 16.1. The number of fused-ring (bicyclic) bond motifs is 3. The average Bonchev–Trinajstić information content (AvgIpc) is 2.77. The van der Waals surface area contributed by atoms with Crippen molar-refractivity contribution in [1.82, 2.24) is 4.48 Å². The zero-order chi connectivity index (χ0) is 17.5. The minimum atomic E-state index is -0.276. The minimum Gasteiger partial charge on any atom is -0.298 e. The van der Waals surface area contributed by atoms with Crippen molar-refractivity contribution >= 4 is 44.8 Å². The first-order chi connectivity index (χ1) is 11.4. The summed E-state index contributed by atoms with van der Waals surface area (Å²) in [5.41, 5.74) is 3.18. The number of hydrogen-bond acceptors (Lipinski definition) is 4. The van der Waals surface area contributed by atoms with Gasteiger partial charge in [-0.05, 0) is 25.5 Å². The Morgan fingerprint density at radius 3 is 2.79 bits per heavy atom. The van der Waals surface area contributed by atoms with Gasteiger partial charge in [-0.15, -0.1) is 0 Å². The van der Waals surface area contributed by atoms with Gasteiger partial charge < -0.3 is 0 Å². The van der Waals surface area contributed by atoms with E-state index in [1.54, 1.807) is 6.92 Å². The highest BCUT2D eigenvalue weighted by Crippen LogP contribution is 2.37. The number of ketones is 1. The molecule has 1 aromatic carbocycles. The van der Waals surface area contributed by atoms with Gasteiger partial charge in [0, 0.05) is 36.0 Å². The predicted octanol–water partition coefficient (Wildman–Crippen LogP) is 4.08. The lowest BCUT2D eigenvalue weighted by atomic mass is 10.0. The van der Waals surface area contributed by atoms with Crippen LogP contribution in [-0.4, -0.2) is 36.3 Å². The fraction of sp³-hybridized carbons (Fsp3) is 0.444. The molecule has 24 heavy (non-hydrogen) atoms. The van der Waals surface area contributed by atoms with Gasteiger partial charge in [-0.1, -0.05) is 33.1 Å². The molecule has 1 aromatic rings. The Morgan fingerprint density at radius 2 is 2.12 bits per heavy atom. The van der Waals surface area contributed by atoms with Crippen molar-refractivity contribution in [2.45, 2.75) is 46.1 Å². The Hall–Kier alpha value is -1.66. The van der Waals surface area contributed by atoms with E-state index in [1.165, 1.54) is 0 Å². The maximum absolute atomic E-state index is 11.9. The Labute approximate surface area is 150 Å². The molecule has 0 saturated carbocycles. The van der Waals surface area contributed by atoms with Crippen molar-refractivity contribution in [3.8, 4) is 0 Å². The molecule has 2 aliphatic rings. The smallest absolute Gasteiger partial charge is 0.234 e. The molecule has 0 fully saturated rings. The molecule has 0 N–H and O–H groups in total. The van der Waals surface area contributed by atoms with E-state index in [9.17, 15) is 4.79 Å². The second-order valence-electron chi connectivity index (χ2n) is 6.44. The van der Waals surface area contributed by atoms with E-state index in [4.69, 9.17) is 4.99 Å². The molecule has 2 unspecified atom stereocenters. The van der Waals surface area contributed by atoms with Gasteiger partial charge >= 0.3 is 0 Å². The number of amidine groups is 2. The number of rotatable bonds is 3. The van der Waals surface area contributed by atoms with Crippen LogP contribution in [-0.2, 0) is 4.79 Å². The van der Waals surface area contributed by atoms with Gasteiger partial charge in [0.05, 0.1) is 12.6 Å². The second kappa shape index (κ2) is 6.33. The van der Waals surface area contributed by atoms with Gasteiger partial charge in [0.2, 0.25) is 11.7 Å². The fourth-order valence-electron chi connectivity index (χ4n) is 3.37. The van der Waals surface area contributed by atoms with Crippen LogP contribution in [0.4, 0.5) is 5.69 Å². The van der Waals surface area contributed by atoms with Gasteiger partial charge in [-0.3, -0.25) is 9.79 Å². The van der Waals surface area contributed by atoms with Crippen LogP contribution in [0.1, 0.15) is 45.6 Å². The summed E-state index contributed by atoms with van der Waals surface area (Å²) >= 11 is 3.57. The third-order valence-corrected chi connectivity index (χ3v) is 5.47. The number of carbonyl (C=O) groups excluding carboxylic acids is 1. The molecular weight excluding hydrogens is 368 g/mol. The lowest BCUT2D eigenvalue weighted by molar-refractivity contribution is -0.118. The highest BCUT2D eigenvalue weighted by atomic mass is 79.9. The fourth-order valence-corrected chi connectivity index (χ4v) is 3.73. The highest BCUT2D eigenvalue weighted by Gasteiger charge is 2.44. The van der Waals surface area contributed by atoms with Crippen molar-refractivity contribution in [2.24, 2.45) is 15.2 Å². The lowest BCUT2D eigenvalue weighted by Crippen LogP contribution is -2.51. The molecule has 0 aromatic heterocycles. The van der Waals surface area contributed by atoms with Crippen molar-refractivity contribution in [3.63, 3.8) is 0 Å². The van der Waals surface area contributed by atoms with Crippen molar-refractivity contribution < 1.29 is 4.79 Å². The molecule has 5 nitrogen and oxygen atoms in total. The van der Waals surface area contributed by atoms with E-state index in [2.05, 4.69) is 45.3 Å². The normalized spacial score (nSPS) is 25.5. The van der Waals surface area contributed by atoms with Gasteiger partial charge in [-0.25, -0.2) is 4.48 Å². The van der Waals surface area contributed by atoms with Crippen LogP contribution < -0.4 is 4.48 Å². The SMILES string of the molecule is CCC(N=C1CCC2=NN=C(C)[N+]2(C)c2ccc(Br)cc21)C(C)=O. The maximum atomic E-state index is 11.9. The van der Waals surface area contributed by atoms with E-state index in [-0.39, 0.29) is 11.8 Å². The van der Waals surface area contributed by atoms with E-state index < -0.39 is 0 Å². The standard InChI is InChI=1S/C18H22BrN4O/c1-5-15(11(2)24)20-16-7-9-18-22-21-12(3)23(18,4)17-8-6-13(19)10-14(16)17/h6,8,10,15H,5,7,9H2,1-4H3/q+1. The van der Waals surface area contributed by atoms with Crippen LogP contribution in [0.15, 0.2) is 37.9 Å². The van der Waals surface area contributed by atoms with E-state index in [1.807, 2.05) is 19.9 Å². The van der Waals surface area contributed by atoms with E-state index in [0.29, 0.717) is 4.48 Å². The first kappa shape index (κ1) is 17.2. The van der Waals surface area contributed by atoms with Crippen molar-refractivity contribution in [2.75, 3.05) is 7.05 Å². The second-order valence-corrected chi connectivity index (χ2v) is 7.36. The number of halogens is 1. The summed E-state index contributed by atoms with van der Waals surface area (Å²) in [6.07, 6.45) is 2.27. The minimum absolute atomic E-state index is 0.113. The molecule has 3 rings (SSSR count). The monoisotopic (exact) mass is 389 g/mol. The average molecular weight is 390 g/mol. The van der Waals surface area contributed by atoms with Gasteiger partial charge in [0.15, 0.2) is 11.5 Å². The van der Waals surface area contributed by atoms with Crippen LogP contribution in [0.25, 0.3) is 0 Å².